The number of amides is 1. The molecule has 0 saturated carbocycles. The predicted molar refractivity (Wildman–Crippen MR) is 33.7 cm³/mol. The van der Waals surface area contributed by atoms with E-state index in [1.165, 1.54) is 0 Å². The first-order valence-electron chi connectivity index (χ1n) is 3.27. The monoisotopic (exact) mass is 161 g/mol. The van der Waals surface area contributed by atoms with E-state index in [1.807, 2.05) is 0 Å². The number of alkyl halides is 1. The predicted octanol–water partition coefficient (Wildman–Crippen LogP) is -0.359. The lowest BCUT2D eigenvalue weighted by atomic mass is 10.3. The molecule has 5 heteroatoms. The van der Waals surface area contributed by atoms with E-state index in [2.05, 4.69) is 0 Å². The van der Waals surface area contributed by atoms with Crippen molar-refractivity contribution in [2.45, 2.75) is 12.6 Å². The highest BCUT2D eigenvalue weighted by Crippen LogP contribution is 2.11. The van der Waals surface area contributed by atoms with Crippen LogP contribution in [0.1, 0.15) is 6.42 Å². The molecule has 11 heavy (non-hydrogen) atoms. The van der Waals surface area contributed by atoms with Crippen molar-refractivity contribution >= 4 is 11.9 Å². The number of rotatable bonds is 0. The summed E-state index contributed by atoms with van der Waals surface area (Å²) in [6.07, 6.45) is -0.808. The Morgan fingerprint density at radius 1 is 1.55 bits per heavy atom. The van der Waals surface area contributed by atoms with Crippen LogP contribution in [0.3, 0.4) is 0 Å². The SMILES string of the molecule is O=C(O)C(=O)N1CCC(F)C1. The Labute approximate surface area is 62.6 Å². The lowest BCUT2D eigenvalue weighted by Gasteiger charge is -2.10. The second kappa shape index (κ2) is 2.86. The quantitative estimate of drug-likeness (QED) is 0.493. The molecule has 1 atom stereocenters. The minimum atomic E-state index is -1.51. The molecule has 0 spiro atoms. The molecule has 1 amide bonds. The van der Waals surface area contributed by atoms with Crippen LogP contribution in [0.5, 0.6) is 0 Å². The third kappa shape index (κ3) is 1.66. The third-order valence-corrected chi connectivity index (χ3v) is 1.60. The van der Waals surface area contributed by atoms with Gasteiger partial charge >= 0.3 is 11.9 Å². The average molecular weight is 161 g/mol. The second-order valence-electron chi connectivity index (χ2n) is 2.44. The number of likely N-dealkylation sites (tertiary alicyclic amines) is 1. The van der Waals surface area contributed by atoms with Gasteiger partial charge in [-0.15, -0.1) is 0 Å². The fraction of sp³-hybridized carbons (Fsp3) is 0.667. The van der Waals surface area contributed by atoms with Crippen molar-refractivity contribution in [1.82, 2.24) is 4.90 Å². The number of hydrogen-bond donors (Lipinski definition) is 1. The lowest BCUT2D eigenvalue weighted by Crippen LogP contribution is -2.34. The number of nitrogens with zero attached hydrogens (tertiary/aromatic N) is 1. The molecule has 1 aliphatic rings. The molecule has 1 N–H and O–H groups in total. The first-order valence-corrected chi connectivity index (χ1v) is 3.27. The number of carboxylic acids is 1. The molecule has 1 heterocycles. The summed E-state index contributed by atoms with van der Waals surface area (Å²) in [6, 6.07) is 0. The molecule has 1 fully saturated rings. The minimum Gasteiger partial charge on any atom is -0.474 e. The summed E-state index contributed by atoms with van der Waals surface area (Å²) in [4.78, 5) is 21.7. The zero-order chi connectivity index (χ0) is 8.43. The summed E-state index contributed by atoms with van der Waals surface area (Å²) in [5.74, 6) is -2.52. The first-order chi connectivity index (χ1) is 5.11. The number of carbonyl (C=O) groups is 2. The molecule has 0 aliphatic carbocycles. The van der Waals surface area contributed by atoms with E-state index in [-0.39, 0.29) is 19.5 Å². The molecular formula is C6H8FNO3. The van der Waals surface area contributed by atoms with Gasteiger partial charge in [-0.05, 0) is 6.42 Å². The van der Waals surface area contributed by atoms with Crippen LogP contribution < -0.4 is 0 Å². The van der Waals surface area contributed by atoms with Crippen LogP contribution >= 0.6 is 0 Å². The highest BCUT2D eigenvalue weighted by Gasteiger charge is 2.29. The number of carbonyl (C=O) groups excluding carboxylic acids is 1. The van der Waals surface area contributed by atoms with Crippen molar-refractivity contribution < 1.29 is 19.1 Å². The van der Waals surface area contributed by atoms with Gasteiger partial charge in [0.2, 0.25) is 0 Å². The van der Waals surface area contributed by atoms with Gasteiger partial charge in [-0.3, -0.25) is 4.79 Å². The van der Waals surface area contributed by atoms with E-state index in [4.69, 9.17) is 5.11 Å². The van der Waals surface area contributed by atoms with Crippen molar-refractivity contribution in [2.75, 3.05) is 13.1 Å². The topological polar surface area (TPSA) is 57.6 Å². The maximum absolute atomic E-state index is 12.4. The number of hydrogen-bond acceptors (Lipinski definition) is 2. The molecule has 1 aliphatic heterocycles. The molecule has 0 aromatic carbocycles. The molecule has 62 valence electrons. The summed E-state index contributed by atoms with van der Waals surface area (Å²) in [5, 5.41) is 8.22. The van der Waals surface area contributed by atoms with E-state index >= 15 is 0 Å². The Morgan fingerprint density at radius 2 is 2.18 bits per heavy atom. The molecule has 0 radical (unpaired) electrons. The van der Waals surface area contributed by atoms with Crippen LogP contribution in [-0.4, -0.2) is 41.1 Å². The summed E-state index contributed by atoms with van der Waals surface area (Å²) >= 11 is 0. The summed E-state index contributed by atoms with van der Waals surface area (Å²) in [7, 11) is 0. The molecule has 0 bridgehead atoms. The smallest absolute Gasteiger partial charge is 0.394 e. The second-order valence-corrected chi connectivity index (χ2v) is 2.44. The van der Waals surface area contributed by atoms with E-state index < -0.39 is 18.0 Å². The highest BCUT2D eigenvalue weighted by atomic mass is 19.1. The van der Waals surface area contributed by atoms with E-state index in [1.54, 1.807) is 0 Å². The lowest BCUT2D eigenvalue weighted by molar-refractivity contribution is -0.155. The molecule has 0 aromatic rings. The maximum Gasteiger partial charge on any atom is 0.394 e. The van der Waals surface area contributed by atoms with Gasteiger partial charge in [0.25, 0.3) is 0 Å². The molecule has 1 unspecified atom stereocenters. The van der Waals surface area contributed by atoms with E-state index in [0.29, 0.717) is 0 Å². The number of carboxylic acid groups (broad SMARTS) is 1. The van der Waals surface area contributed by atoms with E-state index in [9.17, 15) is 14.0 Å². The Kier molecular flexibility index (Phi) is 2.07. The number of aliphatic carboxylic acids is 1. The normalized spacial score (nSPS) is 23.7. The fourth-order valence-corrected chi connectivity index (χ4v) is 1.04. The van der Waals surface area contributed by atoms with Gasteiger partial charge < -0.3 is 10.0 Å². The summed E-state index contributed by atoms with van der Waals surface area (Å²) in [6.45, 7) is 0.136. The van der Waals surface area contributed by atoms with Gasteiger partial charge in [-0.25, -0.2) is 9.18 Å². The van der Waals surface area contributed by atoms with Gasteiger partial charge in [0, 0.05) is 6.54 Å². The van der Waals surface area contributed by atoms with Crippen LogP contribution in [0, 0.1) is 0 Å². The van der Waals surface area contributed by atoms with Crippen LogP contribution in [0.2, 0.25) is 0 Å². The van der Waals surface area contributed by atoms with Gasteiger partial charge in [-0.2, -0.15) is 0 Å². The van der Waals surface area contributed by atoms with Gasteiger partial charge in [0.05, 0.1) is 6.54 Å². The Morgan fingerprint density at radius 3 is 2.55 bits per heavy atom. The molecule has 4 nitrogen and oxygen atoms in total. The van der Waals surface area contributed by atoms with Crippen molar-refractivity contribution in [2.24, 2.45) is 0 Å². The first kappa shape index (κ1) is 7.97. The van der Waals surface area contributed by atoms with Crippen LogP contribution in [0.4, 0.5) is 4.39 Å². The number of halogens is 1. The standard InChI is InChI=1S/C6H8FNO3/c7-4-1-2-8(3-4)5(9)6(10)11/h4H,1-3H2,(H,10,11). The maximum atomic E-state index is 12.4. The Bertz CT molecular complexity index is 194. The Hall–Kier alpha value is -1.13. The molecule has 0 aromatic heterocycles. The highest BCUT2D eigenvalue weighted by molar-refractivity contribution is 6.31. The van der Waals surface area contributed by atoms with Crippen LogP contribution in [0.25, 0.3) is 0 Å². The minimum absolute atomic E-state index is 0.0782. The van der Waals surface area contributed by atoms with Crippen molar-refractivity contribution in [3.63, 3.8) is 0 Å². The van der Waals surface area contributed by atoms with Crippen LogP contribution in [0.15, 0.2) is 0 Å². The van der Waals surface area contributed by atoms with Crippen molar-refractivity contribution in [1.29, 1.82) is 0 Å². The summed E-state index contributed by atoms with van der Waals surface area (Å²) in [5.41, 5.74) is 0. The van der Waals surface area contributed by atoms with Crippen LogP contribution in [-0.2, 0) is 9.59 Å². The van der Waals surface area contributed by atoms with E-state index in [0.717, 1.165) is 4.90 Å². The average Bonchev–Trinajstić information content (AvgIpc) is 2.34. The van der Waals surface area contributed by atoms with Crippen molar-refractivity contribution in [3.8, 4) is 0 Å². The Balaban J connectivity index is 2.50. The fourth-order valence-electron chi connectivity index (χ4n) is 1.04. The van der Waals surface area contributed by atoms with Gasteiger partial charge in [0.15, 0.2) is 0 Å². The van der Waals surface area contributed by atoms with Crippen molar-refractivity contribution in [3.05, 3.63) is 0 Å². The third-order valence-electron chi connectivity index (χ3n) is 1.60. The molecular weight excluding hydrogens is 153 g/mol. The largest absolute Gasteiger partial charge is 0.474 e. The molecule has 1 rings (SSSR count). The zero-order valence-corrected chi connectivity index (χ0v) is 5.79. The van der Waals surface area contributed by atoms with Gasteiger partial charge in [0.1, 0.15) is 6.17 Å². The molecule has 1 saturated heterocycles. The van der Waals surface area contributed by atoms with Gasteiger partial charge in [-0.1, -0.05) is 0 Å². The zero-order valence-electron chi connectivity index (χ0n) is 5.79. The summed E-state index contributed by atoms with van der Waals surface area (Å²) < 4.78 is 12.4.